The van der Waals surface area contributed by atoms with Crippen LogP contribution in [0.3, 0.4) is 0 Å². The average Bonchev–Trinajstić information content (AvgIpc) is 2.07. The molecule has 0 amide bonds. The number of nitrogens with zero attached hydrogens (tertiary/aromatic N) is 1. The van der Waals surface area contributed by atoms with Gasteiger partial charge in [0, 0.05) is 16.8 Å². The second kappa shape index (κ2) is 3.14. The highest BCUT2D eigenvalue weighted by Crippen LogP contribution is 2.28. The number of aryl methyl sites for hydroxylation is 2. The lowest BCUT2D eigenvalue weighted by molar-refractivity contribution is 1.25. The fourth-order valence-corrected chi connectivity index (χ4v) is 1.90. The molecule has 2 rings (SSSR count). The smallest absolute Gasteiger partial charge is 0.0912 e. The van der Waals surface area contributed by atoms with Gasteiger partial charge in [-0.3, -0.25) is 4.98 Å². The van der Waals surface area contributed by atoms with Crippen LogP contribution in [0, 0.1) is 13.8 Å². The lowest BCUT2D eigenvalue weighted by Crippen LogP contribution is -1.93. The summed E-state index contributed by atoms with van der Waals surface area (Å²) in [6.07, 6.45) is 0. The predicted molar refractivity (Wildman–Crippen MR) is 60.6 cm³/mol. The number of nitrogen functional groups attached to an aromatic ring is 1. The zero-order chi connectivity index (χ0) is 10.3. The minimum Gasteiger partial charge on any atom is -0.398 e. The van der Waals surface area contributed by atoms with E-state index in [0.717, 1.165) is 27.8 Å². The van der Waals surface area contributed by atoms with E-state index in [1.54, 1.807) is 0 Å². The van der Waals surface area contributed by atoms with E-state index in [2.05, 4.69) is 4.98 Å². The van der Waals surface area contributed by atoms with Gasteiger partial charge in [0.2, 0.25) is 0 Å². The summed E-state index contributed by atoms with van der Waals surface area (Å²) >= 11 is 6.09. The highest BCUT2D eigenvalue weighted by atomic mass is 35.5. The summed E-state index contributed by atoms with van der Waals surface area (Å²) in [7, 11) is 0. The molecule has 0 fully saturated rings. The molecule has 72 valence electrons. The quantitative estimate of drug-likeness (QED) is 0.720. The van der Waals surface area contributed by atoms with Gasteiger partial charge in [0.15, 0.2) is 0 Å². The molecule has 3 heteroatoms. The van der Waals surface area contributed by atoms with E-state index < -0.39 is 0 Å². The van der Waals surface area contributed by atoms with E-state index in [1.807, 2.05) is 32.0 Å². The predicted octanol–water partition coefficient (Wildman–Crippen LogP) is 3.09. The maximum Gasteiger partial charge on any atom is 0.0912 e. The number of nitrogens with two attached hydrogens (primary N) is 1. The number of aromatic nitrogens is 1. The zero-order valence-corrected chi connectivity index (χ0v) is 8.89. The number of halogens is 1. The largest absolute Gasteiger partial charge is 0.398 e. The molecule has 0 radical (unpaired) electrons. The molecule has 2 nitrogen and oxygen atoms in total. The van der Waals surface area contributed by atoms with E-state index in [1.165, 1.54) is 0 Å². The van der Waals surface area contributed by atoms with Crippen LogP contribution >= 0.6 is 11.6 Å². The van der Waals surface area contributed by atoms with Crippen molar-refractivity contribution in [2.24, 2.45) is 0 Å². The van der Waals surface area contributed by atoms with E-state index in [-0.39, 0.29) is 0 Å². The maximum atomic E-state index is 6.09. The minimum atomic E-state index is 0.662. The number of fused-ring (bicyclic) bond motifs is 1. The van der Waals surface area contributed by atoms with Crippen LogP contribution in [0.25, 0.3) is 10.9 Å². The van der Waals surface area contributed by atoms with Gasteiger partial charge in [0.1, 0.15) is 0 Å². The van der Waals surface area contributed by atoms with Gasteiger partial charge in [-0.15, -0.1) is 0 Å². The van der Waals surface area contributed by atoms with Crippen LogP contribution in [0.5, 0.6) is 0 Å². The average molecular weight is 207 g/mol. The highest BCUT2D eigenvalue weighted by molar-refractivity contribution is 6.35. The summed E-state index contributed by atoms with van der Waals surface area (Å²) in [5, 5.41) is 1.59. The Hall–Kier alpha value is -1.28. The Balaban J connectivity index is 2.94. The number of pyridine rings is 1. The van der Waals surface area contributed by atoms with Gasteiger partial charge in [0.05, 0.1) is 10.5 Å². The summed E-state index contributed by atoms with van der Waals surface area (Å²) in [6, 6.07) is 5.76. The van der Waals surface area contributed by atoms with Gasteiger partial charge in [0.25, 0.3) is 0 Å². The molecule has 1 aromatic heterocycles. The third-order valence-corrected chi connectivity index (χ3v) is 2.46. The van der Waals surface area contributed by atoms with Gasteiger partial charge in [-0.2, -0.15) is 0 Å². The van der Waals surface area contributed by atoms with Gasteiger partial charge in [-0.1, -0.05) is 11.6 Å². The molecule has 2 N–H and O–H groups in total. The normalized spacial score (nSPS) is 10.8. The summed E-state index contributed by atoms with van der Waals surface area (Å²) in [5.74, 6) is 0. The van der Waals surface area contributed by atoms with Gasteiger partial charge in [-0.25, -0.2) is 0 Å². The molecule has 0 aliphatic carbocycles. The van der Waals surface area contributed by atoms with Gasteiger partial charge >= 0.3 is 0 Å². The topological polar surface area (TPSA) is 38.9 Å². The number of rotatable bonds is 0. The van der Waals surface area contributed by atoms with Crippen LogP contribution in [0.15, 0.2) is 18.2 Å². The van der Waals surface area contributed by atoms with Crippen molar-refractivity contribution < 1.29 is 0 Å². The van der Waals surface area contributed by atoms with Crippen LogP contribution in [-0.2, 0) is 0 Å². The third-order valence-electron chi connectivity index (χ3n) is 2.17. The van der Waals surface area contributed by atoms with E-state index in [4.69, 9.17) is 17.3 Å². The first-order valence-corrected chi connectivity index (χ1v) is 4.78. The molecule has 1 heterocycles. The van der Waals surface area contributed by atoms with Crippen molar-refractivity contribution in [3.63, 3.8) is 0 Å². The van der Waals surface area contributed by atoms with Crippen molar-refractivity contribution in [1.29, 1.82) is 0 Å². The Morgan fingerprint density at radius 2 is 1.93 bits per heavy atom. The first kappa shape index (κ1) is 9.28. The Kier molecular flexibility index (Phi) is 2.08. The summed E-state index contributed by atoms with van der Waals surface area (Å²) in [5.41, 5.74) is 9.40. The van der Waals surface area contributed by atoms with Crippen molar-refractivity contribution in [1.82, 2.24) is 4.98 Å². The first-order chi connectivity index (χ1) is 6.58. The molecule has 0 aliphatic heterocycles. The lowest BCUT2D eigenvalue weighted by Gasteiger charge is -2.06. The molecular formula is C11H11ClN2. The minimum absolute atomic E-state index is 0.662. The van der Waals surface area contributed by atoms with Crippen molar-refractivity contribution in [2.45, 2.75) is 13.8 Å². The van der Waals surface area contributed by atoms with Gasteiger partial charge in [-0.05, 0) is 37.6 Å². The molecule has 2 aromatic rings. The second-order valence-corrected chi connectivity index (χ2v) is 3.90. The fourth-order valence-electron chi connectivity index (χ4n) is 1.58. The second-order valence-electron chi connectivity index (χ2n) is 3.50. The molecule has 0 aliphatic rings. The molecular weight excluding hydrogens is 196 g/mol. The van der Waals surface area contributed by atoms with Gasteiger partial charge < -0.3 is 5.73 Å². The number of hydrogen-bond donors (Lipinski definition) is 1. The Morgan fingerprint density at radius 3 is 2.64 bits per heavy atom. The molecule has 0 saturated heterocycles. The Morgan fingerprint density at radius 1 is 1.21 bits per heavy atom. The van der Waals surface area contributed by atoms with E-state index in [9.17, 15) is 0 Å². The SMILES string of the molecule is Cc1cc(Cl)c2nc(C)cc(N)c2c1. The fraction of sp³-hybridized carbons (Fsp3) is 0.182. The monoisotopic (exact) mass is 206 g/mol. The van der Waals surface area contributed by atoms with Crippen molar-refractivity contribution in [3.05, 3.63) is 34.5 Å². The molecule has 0 bridgehead atoms. The van der Waals surface area contributed by atoms with E-state index >= 15 is 0 Å². The molecule has 0 saturated carbocycles. The molecule has 1 aromatic carbocycles. The number of hydrogen-bond acceptors (Lipinski definition) is 2. The van der Waals surface area contributed by atoms with Crippen LogP contribution in [0.4, 0.5) is 5.69 Å². The summed E-state index contributed by atoms with van der Waals surface area (Å²) in [4.78, 5) is 4.37. The van der Waals surface area contributed by atoms with Crippen LogP contribution in [0.2, 0.25) is 5.02 Å². The van der Waals surface area contributed by atoms with Crippen molar-refractivity contribution >= 4 is 28.2 Å². The van der Waals surface area contributed by atoms with Crippen molar-refractivity contribution in [3.8, 4) is 0 Å². The molecule has 14 heavy (non-hydrogen) atoms. The van der Waals surface area contributed by atoms with Crippen LogP contribution in [-0.4, -0.2) is 4.98 Å². The standard InChI is InChI=1S/C11H11ClN2/c1-6-3-8-10(13)5-7(2)14-11(8)9(12)4-6/h3-5H,1-2H3,(H2,13,14). The van der Waals surface area contributed by atoms with Crippen LogP contribution < -0.4 is 5.73 Å². The lowest BCUT2D eigenvalue weighted by atomic mass is 10.1. The highest BCUT2D eigenvalue weighted by Gasteiger charge is 2.05. The number of anilines is 1. The Bertz CT molecular complexity index is 459. The zero-order valence-electron chi connectivity index (χ0n) is 8.13. The summed E-state index contributed by atoms with van der Waals surface area (Å²) in [6.45, 7) is 3.90. The molecule has 0 atom stereocenters. The maximum absolute atomic E-state index is 6.09. The first-order valence-electron chi connectivity index (χ1n) is 4.41. The third kappa shape index (κ3) is 1.42. The van der Waals surface area contributed by atoms with Crippen LogP contribution in [0.1, 0.15) is 11.3 Å². The summed E-state index contributed by atoms with van der Waals surface area (Å²) < 4.78 is 0. The molecule has 0 spiro atoms. The van der Waals surface area contributed by atoms with Crippen molar-refractivity contribution in [2.75, 3.05) is 5.73 Å². The Labute approximate surface area is 87.7 Å². The molecule has 0 unspecified atom stereocenters. The van der Waals surface area contributed by atoms with E-state index in [0.29, 0.717) is 5.02 Å². The number of benzene rings is 1.